The van der Waals surface area contributed by atoms with Crippen molar-refractivity contribution in [1.82, 2.24) is 35.0 Å². The topological polar surface area (TPSA) is 112 Å². The van der Waals surface area contributed by atoms with Gasteiger partial charge in [0, 0.05) is 0 Å². The molecule has 102 valence electrons. The van der Waals surface area contributed by atoms with Crippen molar-refractivity contribution in [1.29, 1.82) is 0 Å². The summed E-state index contributed by atoms with van der Waals surface area (Å²) in [6.07, 6.45) is 3.72. The highest BCUT2D eigenvalue weighted by Crippen LogP contribution is 2.25. The van der Waals surface area contributed by atoms with Gasteiger partial charge in [0.1, 0.15) is 19.2 Å². The van der Waals surface area contributed by atoms with Crippen LogP contribution in [0.3, 0.4) is 0 Å². The lowest BCUT2D eigenvalue weighted by Gasteiger charge is -2.27. The third-order valence-electron chi connectivity index (χ3n) is 3.28. The molecule has 0 amide bonds. The van der Waals surface area contributed by atoms with Crippen LogP contribution in [0.25, 0.3) is 0 Å². The Morgan fingerprint density at radius 3 is 2.68 bits per heavy atom. The maximum absolute atomic E-state index is 11.6. The second kappa shape index (κ2) is 5.12. The molecule has 19 heavy (non-hydrogen) atoms. The van der Waals surface area contributed by atoms with Crippen LogP contribution in [0.1, 0.15) is 32.5 Å². The van der Waals surface area contributed by atoms with Gasteiger partial charge in [0.25, 0.3) is 0 Å². The van der Waals surface area contributed by atoms with Crippen molar-refractivity contribution in [3.63, 3.8) is 0 Å². The predicted octanol–water partition coefficient (Wildman–Crippen LogP) is -0.0872. The van der Waals surface area contributed by atoms with Crippen LogP contribution >= 0.6 is 0 Å². The molecule has 2 rings (SSSR count). The molecule has 0 aliphatic carbocycles. The van der Waals surface area contributed by atoms with Gasteiger partial charge in [-0.1, -0.05) is 13.8 Å². The minimum Gasteiger partial charge on any atom is -0.479 e. The highest BCUT2D eigenvalue weighted by Gasteiger charge is 2.40. The predicted molar refractivity (Wildman–Crippen MR) is 63.1 cm³/mol. The van der Waals surface area contributed by atoms with Crippen molar-refractivity contribution in [2.75, 3.05) is 0 Å². The average molecular weight is 265 g/mol. The maximum Gasteiger partial charge on any atom is 0.331 e. The maximum atomic E-state index is 11.6. The molecule has 2 heterocycles. The van der Waals surface area contributed by atoms with E-state index in [1.54, 1.807) is 18.5 Å². The van der Waals surface area contributed by atoms with Crippen LogP contribution in [0, 0.1) is 0 Å². The number of carbonyl (C=O) groups is 1. The molecular formula is C10H15N7O2. The van der Waals surface area contributed by atoms with Crippen LogP contribution in [0.2, 0.25) is 0 Å². The molecule has 0 saturated heterocycles. The average Bonchev–Trinajstić information content (AvgIpc) is 3.04. The third-order valence-corrected chi connectivity index (χ3v) is 3.28. The molecule has 0 spiro atoms. The van der Waals surface area contributed by atoms with E-state index in [4.69, 9.17) is 0 Å². The Kier molecular flexibility index (Phi) is 3.54. The second-order valence-electron chi connectivity index (χ2n) is 4.14. The third kappa shape index (κ3) is 2.18. The van der Waals surface area contributed by atoms with Crippen molar-refractivity contribution >= 4 is 5.97 Å². The van der Waals surface area contributed by atoms with Crippen LogP contribution < -0.4 is 0 Å². The molecule has 0 unspecified atom stereocenters. The fraction of sp³-hybridized carbons (Fsp3) is 0.600. The van der Waals surface area contributed by atoms with Gasteiger partial charge in [0.05, 0.1) is 0 Å². The van der Waals surface area contributed by atoms with Crippen LogP contribution in [0.15, 0.2) is 12.7 Å². The Bertz CT molecular complexity index is 544. The SMILES string of the molecule is CCC(CC)(C(=O)O)n1nnnc1Cn1cncn1. The molecule has 2 aromatic rings. The van der Waals surface area contributed by atoms with E-state index in [-0.39, 0.29) is 6.54 Å². The van der Waals surface area contributed by atoms with Crippen LogP contribution in [0.4, 0.5) is 0 Å². The number of rotatable bonds is 6. The van der Waals surface area contributed by atoms with E-state index in [1.807, 2.05) is 0 Å². The summed E-state index contributed by atoms with van der Waals surface area (Å²) in [6, 6.07) is 0. The molecule has 2 aromatic heterocycles. The van der Waals surface area contributed by atoms with Crippen LogP contribution in [-0.4, -0.2) is 46.0 Å². The van der Waals surface area contributed by atoms with Gasteiger partial charge in [0.15, 0.2) is 11.4 Å². The van der Waals surface area contributed by atoms with E-state index < -0.39 is 11.5 Å². The van der Waals surface area contributed by atoms with Crippen LogP contribution in [0.5, 0.6) is 0 Å². The molecule has 1 N–H and O–H groups in total. The lowest BCUT2D eigenvalue weighted by Crippen LogP contribution is -2.43. The number of carboxylic acid groups (broad SMARTS) is 1. The fourth-order valence-corrected chi connectivity index (χ4v) is 2.04. The van der Waals surface area contributed by atoms with Gasteiger partial charge in [0.2, 0.25) is 0 Å². The number of aliphatic carboxylic acids is 1. The van der Waals surface area contributed by atoms with E-state index in [1.165, 1.54) is 17.3 Å². The Hall–Kier alpha value is -2.32. The van der Waals surface area contributed by atoms with E-state index in [9.17, 15) is 9.90 Å². The summed E-state index contributed by atoms with van der Waals surface area (Å²) in [4.78, 5) is 15.4. The highest BCUT2D eigenvalue weighted by atomic mass is 16.4. The summed E-state index contributed by atoms with van der Waals surface area (Å²) in [6.45, 7) is 3.89. The smallest absolute Gasteiger partial charge is 0.331 e. The number of nitrogens with zero attached hydrogens (tertiary/aromatic N) is 7. The molecule has 0 fully saturated rings. The van der Waals surface area contributed by atoms with E-state index in [0.717, 1.165) is 0 Å². The quantitative estimate of drug-likeness (QED) is 0.776. The lowest BCUT2D eigenvalue weighted by molar-refractivity contribution is -0.148. The standard InChI is InChI=1S/C10H15N7O2/c1-3-10(4-2,9(18)19)17-8(13-14-15-17)5-16-7-11-6-12-16/h6-7H,3-5H2,1-2H3,(H,18,19). The van der Waals surface area contributed by atoms with Gasteiger partial charge in [-0.05, 0) is 23.3 Å². The van der Waals surface area contributed by atoms with Crippen molar-refractivity contribution in [3.8, 4) is 0 Å². The Balaban J connectivity index is 2.39. The van der Waals surface area contributed by atoms with Gasteiger partial charge in [-0.15, -0.1) is 5.10 Å². The van der Waals surface area contributed by atoms with Crippen molar-refractivity contribution in [2.45, 2.75) is 38.8 Å². The second-order valence-corrected chi connectivity index (χ2v) is 4.14. The van der Waals surface area contributed by atoms with Crippen molar-refractivity contribution in [2.24, 2.45) is 0 Å². The van der Waals surface area contributed by atoms with Gasteiger partial charge < -0.3 is 5.11 Å². The van der Waals surface area contributed by atoms with Gasteiger partial charge in [-0.2, -0.15) is 5.10 Å². The minimum absolute atomic E-state index is 0.280. The van der Waals surface area contributed by atoms with Crippen molar-refractivity contribution in [3.05, 3.63) is 18.5 Å². The van der Waals surface area contributed by atoms with E-state index >= 15 is 0 Å². The fourth-order valence-electron chi connectivity index (χ4n) is 2.04. The zero-order valence-corrected chi connectivity index (χ0v) is 10.8. The largest absolute Gasteiger partial charge is 0.479 e. The summed E-state index contributed by atoms with van der Waals surface area (Å²) in [5.74, 6) is -0.499. The minimum atomic E-state index is -1.13. The zero-order chi connectivity index (χ0) is 13.9. The number of tetrazole rings is 1. The van der Waals surface area contributed by atoms with Gasteiger partial charge >= 0.3 is 5.97 Å². The van der Waals surface area contributed by atoms with Gasteiger partial charge in [-0.25, -0.2) is 19.1 Å². The molecule has 0 saturated carbocycles. The Morgan fingerprint density at radius 2 is 2.16 bits per heavy atom. The Morgan fingerprint density at radius 1 is 1.42 bits per heavy atom. The van der Waals surface area contributed by atoms with E-state index in [0.29, 0.717) is 18.7 Å². The molecule has 0 bridgehead atoms. The van der Waals surface area contributed by atoms with Crippen molar-refractivity contribution < 1.29 is 9.90 Å². The van der Waals surface area contributed by atoms with Crippen LogP contribution in [-0.2, 0) is 16.9 Å². The first-order valence-electron chi connectivity index (χ1n) is 5.97. The lowest BCUT2D eigenvalue weighted by atomic mass is 9.93. The summed E-state index contributed by atoms with van der Waals surface area (Å²) >= 11 is 0. The first-order chi connectivity index (χ1) is 9.14. The first kappa shape index (κ1) is 13.1. The summed E-state index contributed by atoms with van der Waals surface area (Å²) < 4.78 is 2.91. The molecule has 0 aliphatic rings. The highest BCUT2D eigenvalue weighted by molar-refractivity contribution is 5.76. The molecule has 9 heteroatoms. The number of aromatic nitrogens is 7. The molecular weight excluding hydrogens is 250 g/mol. The van der Waals surface area contributed by atoms with E-state index in [2.05, 4.69) is 25.6 Å². The monoisotopic (exact) mass is 265 g/mol. The normalized spacial score (nSPS) is 11.7. The number of carboxylic acids is 1. The number of hydrogen-bond donors (Lipinski definition) is 1. The molecule has 0 radical (unpaired) electrons. The Labute approximate surface area is 109 Å². The summed E-state index contributed by atoms with van der Waals surface area (Å²) in [5, 5.41) is 24.8. The summed E-state index contributed by atoms with van der Waals surface area (Å²) in [7, 11) is 0. The molecule has 0 atom stereocenters. The molecule has 0 aliphatic heterocycles. The zero-order valence-electron chi connectivity index (χ0n) is 10.8. The number of hydrogen-bond acceptors (Lipinski definition) is 6. The summed E-state index contributed by atoms with van der Waals surface area (Å²) in [5.41, 5.74) is -1.13. The first-order valence-corrected chi connectivity index (χ1v) is 5.97. The van der Waals surface area contributed by atoms with Gasteiger partial charge in [-0.3, -0.25) is 0 Å². The molecule has 0 aromatic carbocycles. The molecule has 9 nitrogen and oxygen atoms in total.